The highest BCUT2D eigenvalue weighted by Crippen LogP contribution is 2.14. The number of nitrogens with one attached hydrogen (secondary N) is 3. The number of carbonyl (C=O) groups is 4. The quantitative estimate of drug-likeness (QED) is 0.0849. The van der Waals surface area contributed by atoms with E-state index < -0.39 is 41.8 Å². The van der Waals surface area contributed by atoms with Crippen LogP contribution in [0.5, 0.6) is 11.5 Å². The van der Waals surface area contributed by atoms with Crippen molar-refractivity contribution in [3.05, 3.63) is 59.7 Å². The first kappa shape index (κ1) is 32.4. The number of carboxylic acids is 1. The Balaban J connectivity index is 2.29. The third kappa shape index (κ3) is 11.4. The molecule has 222 valence electrons. The number of carbonyl (C=O) groups excluding carboxylic acids is 3. The number of phenols is 2. The molecule has 2 aromatic rings. The zero-order chi connectivity index (χ0) is 30.5. The summed E-state index contributed by atoms with van der Waals surface area (Å²) in [4.78, 5) is 55.3. The van der Waals surface area contributed by atoms with E-state index >= 15 is 0 Å². The fourth-order valence-electron chi connectivity index (χ4n) is 3.94. The molecule has 10 N–H and O–H groups in total. The number of aliphatic imine (C=N–C) groups is 1. The fraction of sp³-hybridized carbons (Fsp3) is 0.393. The molecule has 0 heterocycles. The maximum atomic E-state index is 13.5. The van der Waals surface area contributed by atoms with Gasteiger partial charge in [0.25, 0.3) is 5.91 Å². The van der Waals surface area contributed by atoms with Gasteiger partial charge in [0.05, 0.1) is 0 Å². The van der Waals surface area contributed by atoms with Gasteiger partial charge in [0, 0.05) is 18.5 Å². The van der Waals surface area contributed by atoms with Gasteiger partial charge in [0.2, 0.25) is 11.8 Å². The van der Waals surface area contributed by atoms with Gasteiger partial charge in [-0.2, -0.15) is 0 Å². The van der Waals surface area contributed by atoms with Gasteiger partial charge in [0.15, 0.2) is 5.96 Å². The van der Waals surface area contributed by atoms with Crippen molar-refractivity contribution < 1.29 is 34.5 Å². The smallest absolute Gasteiger partial charge is 0.326 e. The van der Waals surface area contributed by atoms with Gasteiger partial charge < -0.3 is 42.7 Å². The molecule has 2 aromatic carbocycles. The van der Waals surface area contributed by atoms with Crippen molar-refractivity contribution in [2.24, 2.45) is 22.4 Å². The lowest BCUT2D eigenvalue weighted by molar-refractivity contribution is -0.142. The SMILES string of the molecule is CC(C)C[C@H](NC(=O)[C@H](Cc1ccc(O)cc1)NC(=O)[C@H](CCCN=C(N)N)NC(=O)c1ccc(O)cc1)C(=O)O. The molecular weight excluding hydrogens is 532 g/mol. The van der Waals surface area contributed by atoms with Gasteiger partial charge in [-0.1, -0.05) is 26.0 Å². The third-order valence-corrected chi connectivity index (χ3v) is 6.03. The van der Waals surface area contributed by atoms with Crippen LogP contribution in [0, 0.1) is 5.92 Å². The average molecular weight is 571 g/mol. The lowest BCUT2D eigenvalue weighted by Crippen LogP contribution is -2.56. The van der Waals surface area contributed by atoms with E-state index in [1.165, 1.54) is 36.4 Å². The van der Waals surface area contributed by atoms with E-state index in [1.54, 1.807) is 12.1 Å². The second-order valence-electron chi connectivity index (χ2n) is 9.98. The topological polar surface area (TPSA) is 229 Å². The van der Waals surface area contributed by atoms with Crippen LogP contribution >= 0.6 is 0 Å². The van der Waals surface area contributed by atoms with Gasteiger partial charge in [0.1, 0.15) is 29.6 Å². The summed E-state index contributed by atoms with van der Waals surface area (Å²) in [6, 6.07) is 7.96. The number of hydrogen-bond donors (Lipinski definition) is 8. The van der Waals surface area contributed by atoms with Gasteiger partial charge in [-0.25, -0.2) is 4.79 Å². The standard InChI is InChI=1S/C28H38N6O7/c1-16(2)14-23(27(40)41)34-26(39)22(15-17-5-9-19(35)10-6-17)33-25(38)21(4-3-13-31-28(29)30)32-24(37)18-7-11-20(36)12-8-18/h5-12,16,21-23,35-36H,3-4,13-15H2,1-2H3,(H,32,37)(H,33,38)(H,34,39)(H,40,41)(H4,29,30,31)/t21-,22-,23-/m0/s1. The summed E-state index contributed by atoms with van der Waals surface area (Å²) in [5, 5.41) is 36.5. The molecule has 3 amide bonds. The van der Waals surface area contributed by atoms with E-state index in [2.05, 4.69) is 20.9 Å². The van der Waals surface area contributed by atoms with Crippen LogP contribution in [0.1, 0.15) is 49.0 Å². The maximum Gasteiger partial charge on any atom is 0.326 e. The second-order valence-corrected chi connectivity index (χ2v) is 9.98. The van der Waals surface area contributed by atoms with E-state index in [1.807, 2.05) is 13.8 Å². The van der Waals surface area contributed by atoms with Crippen LogP contribution in [0.3, 0.4) is 0 Å². The van der Waals surface area contributed by atoms with Crippen molar-refractivity contribution in [1.82, 2.24) is 16.0 Å². The fourth-order valence-corrected chi connectivity index (χ4v) is 3.94. The average Bonchev–Trinajstić information content (AvgIpc) is 2.90. The summed E-state index contributed by atoms with van der Waals surface area (Å²) in [5.41, 5.74) is 11.5. The maximum absolute atomic E-state index is 13.5. The molecule has 0 saturated carbocycles. The minimum Gasteiger partial charge on any atom is -0.508 e. The predicted molar refractivity (Wildman–Crippen MR) is 152 cm³/mol. The summed E-state index contributed by atoms with van der Waals surface area (Å²) in [6.07, 6.45) is 0.594. The number of nitrogens with zero attached hydrogens (tertiary/aromatic N) is 1. The molecular formula is C28H38N6O7. The number of rotatable bonds is 15. The summed E-state index contributed by atoms with van der Waals surface area (Å²) in [5.74, 6) is -3.37. The summed E-state index contributed by atoms with van der Waals surface area (Å²) < 4.78 is 0. The highest BCUT2D eigenvalue weighted by Gasteiger charge is 2.30. The Hall–Kier alpha value is -4.81. The van der Waals surface area contributed by atoms with Crippen LogP contribution in [-0.4, -0.2) is 69.6 Å². The highest BCUT2D eigenvalue weighted by atomic mass is 16.4. The van der Waals surface area contributed by atoms with Crippen LogP contribution in [0.2, 0.25) is 0 Å². The zero-order valence-corrected chi connectivity index (χ0v) is 23.0. The largest absolute Gasteiger partial charge is 0.508 e. The van der Waals surface area contributed by atoms with Crippen LogP contribution in [0.25, 0.3) is 0 Å². The van der Waals surface area contributed by atoms with Gasteiger partial charge in [-0.15, -0.1) is 0 Å². The van der Waals surface area contributed by atoms with Gasteiger partial charge in [-0.3, -0.25) is 19.4 Å². The first-order chi connectivity index (χ1) is 19.3. The Kier molecular flexibility index (Phi) is 12.4. The Morgan fingerprint density at radius 1 is 0.805 bits per heavy atom. The molecule has 3 atom stereocenters. The van der Waals surface area contributed by atoms with Crippen molar-refractivity contribution in [3.63, 3.8) is 0 Å². The van der Waals surface area contributed by atoms with Crippen LogP contribution in [-0.2, 0) is 20.8 Å². The molecule has 0 aliphatic rings. The second kappa shape index (κ2) is 15.7. The molecule has 13 heteroatoms. The molecule has 0 bridgehead atoms. The number of aliphatic carboxylic acids is 1. The normalized spacial score (nSPS) is 13.0. The Morgan fingerprint density at radius 3 is 1.88 bits per heavy atom. The van der Waals surface area contributed by atoms with Crippen molar-refractivity contribution in [2.45, 2.75) is 57.7 Å². The van der Waals surface area contributed by atoms with Crippen LogP contribution in [0.4, 0.5) is 0 Å². The first-order valence-electron chi connectivity index (χ1n) is 13.1. The number of amides is 3. The number of phenolic OH excluding ortho intramolecular Hbond substituents is 2. The third-order valence-electron chi connectivity index (χ3n) is 6.03. The van der Waals surface area contributed by atoms with Crippen molar-refractivity contribution >= 4 is 29.7 Å². The van der Waals surface area contributed by atoms with Crippen LogP contribution in [0.15, 0.2) is 53.5 Å². The Morgan fingerprint density at radius 2 is 1.34 bits per heavy atom. The zero-order valence-electron chi connectivity index (χ0n) is 23.0. The molecule has 0 aromatic heterocycles. The molecule has 0 radical (unpaired) electrons. The van der Waals surface area contributed by atoms with E-state index in [0.717, 1.165) is 0 Å². The molecule has 41 heavy (non-hydrogen) atoms. The monoisotopic (exact) mass is 570 g/mol. The molecule has 0 unspecified atom stereocenters. The number of hydrogen-bond acceptors (Lipinski definition) is 7. The minimum absolute atomic E-state index is 0.0134. The lowest BCUT2D eigenvalue weighted by Gasteiger charge is -2.25. The molecule has 0 spiro atoms. The lowest BCUT2D eigenvalue weighted by atomic mass is 10.0. The van der Waals surface area contributed by atoms with E-state index in [4.69, 9.17) is 11.5 Å². The number of aromatic hydroxyl groups is 2. The van der Waals surface area contributed by atoms with Crippen LogP contribution < -0.4 is 27.4 Å². The van der Waals surface area contributed by atoms with Crippen molar-refractivity contribution in [1.29, 1.82) is 0 Å². The minimum atomic E-state index is -1.21. The molecule has 0 saturated heterocycles. The van der Waals surface area contributed by atoms with E-state index in [0.29, 0.717) is 12.0 Å². The van der Waals surface area contributed by atoms with Gasteiger partial charge >= 0.3 is 5.97 Å². The number of nitrogens with two attached hydrogens (primary N) is 2. The van der Waals surface area contributed by atoms with E-state index in [9.17, 15) is 34.5 Å². The molecule has 0 aliphatic heterocycles. The number of guanidine groups is 1. The molecule has 0 aliphatic carbocycles. The van der Waals surface area contributed by atoms with Crippen molar-refractivity contribution in [3.8, 4) is 11.5 Å². The summed E-state index contributed by atoms with van der Waals surface area (Å²) in [6.45, 7) is 3.83. The molecule has 13 nitrogen and oxygen atoms in total. The molecule has 2 rings (SSSR count). The number of benzene rings is 2. The Bertz CT molecular complexity index is 1210. The predicted octanol–water partition coefficient (Wildman–Crippen LogP) is 0.593. The summed E-state index contributed by atoms with van der Waals surface area (Å²) in [7, 11) is 0. The highest BCUT2D eigenvalue weighted by molar-refractivity contribution is 5.98. The Labute approximate surface area is 238 Å². The van der Waals surface area contributed by atoms with Gasteiger partial charge in [-0.05, 0) is 67.1 Å². The van der Waals surface area contributed by atoms with E-state index in [-0.39, 0.29) is 54.7 Å². The summed E-state index contributed by atoms with van der Waals surface area (Å²) >= 11 is 0. The van der Waals surface area contributed by atoms with Crippen molar-refractivity contribution in [2.75, 3.05) is 6.54 Å². The molecule has 0 fully saturated rings. The first-order valence-corrected chi connectivity index (χ1v) is 13.1. The number of carboxylic acid groups (broad SMARTS) is 1.